The van der Waals surface area contributed by atoms with Crippen LogP contribution in [0.1, 0.15) is 97.1 Å². The Kier molecular flexibility index (Phi) is 5.54. The van der Waals surface area contributed by atoms with Crippen LogP contribution < -0.4 is 4.90 Å². The predicted molar refractivity (Wildman–Crippen MR) is 157 cm³/mol. The maximum Gasteiger partial charge on any atom is 0.266 e. The Hall–Kier alpha value is -4.38. The van der Waals surface area contributed by atoms with Gasteiger partial charge in [-0.1, -0.05) is 24.3 Å². The summed E-state index contributed by atoms with van der Waals surface area (Å²) in [5.41, 5.74) is 12.2. The molecule has 0 radical (unpaired) electrons. The molecule has 3 aromatic carbocycles. The fourth-order valence-corrected chi connectivity index (χ4v) is 6.67. The summed E-state index contributed by atoms with van der Waals surface area (Å²) in [6.07, 6.45) is 3.96. The first-order valence-electron chi connectivity index (χ1n) is 13.6. The van der Waals surface area contributed by atoms with Crippen LogP contribution in [0.4, 0.5) is 5.69 Å². The van der Waals surface area contributed by atoms with E-state index in [2.05, 4.69) is 0 Å². The van der Waals surface area contributed by atoms with Gasteiger partial charge in [-0.05, 0) is 123 Å². The Labute approximate surface area is 234 Å². The Balaban J connectivity index is 1.49. The van der Waals surface area contributed by atoms with Crippen LogP contribution in [0.3, 0.4) is 0 Å². The van der Waals surface area contributed by atoms with Gasteiger partial charge < -0.3 is 0 Å². The van der Waals surface area contributed by atoms with Crippen molar-refractivity contribution in [3.05, 3.63) is 113 Å². The van der Waals surface area contributed by atoms with Crippen LogP contribution >= 0.6 is 0 Å². The Morgan fingerprint density at radius 1 is 0.550 bits per heavy atom. The normalized spacial score (nSPS) is 15.8. The Morgan fingerprint density at radius 3 is 1.48 bits per heavy atom. The molecule has 0 N–H and O–H groups in total. The van der Waals surface area contributed by atoms with Gasteiger partial charge in [0.25, 0.3) is 11.8 Å². The van der Waals surface area contributed by atoms with Crippen LogP contribution in [0.25, 0.3) is 6.08 Å². The van der Waals surface area contributed by atoms with Gasteiger partial charge in [-0.25, -0.2) is 4.90 Å². The Morgan fingerprint density at radius 2 is 1.00 bits per heavy atom. The zero-order chi connectivity index (χ0) is 28.9. The van der Waals surface area contributed by atoms with Gasteiger partial charge in [-0.3, -0.25) is 19.2 Å². The number of carbonyl (C=O) groups excluding carboxylic acids is 4. The monoisotopic (exact) mass is 529 g/mol. The number of anilines is 1. The quantitative estimate of drug-likeness (QED) is 0.195. The summed E-state index contributed by atoms with van der Waals surface area (Å²) in [6.45, 7) is 15.5. The van der Waals surface area contributed by atoms with Crippen molar-refractivity contribution in [2.75, 3.05) is 4.90 Å². The molecule has 5 nitrogen and oxygen atoms in total. The number of ketones is 2. The van der Waals surface area contributed by atoms with Crippen molar-refractivity contribution < 1.29 is 19.2 Å². The van der Waals surface area contributed by atoms with E-state index in [0.717, 1.165) is 55.6 Å². The topological polar surface area (TPSA) is 71.5 Å². The van der Waals surface area contributed by atoms with Crippen LogP contribution in [0, 0.1) is 55.4 Å². The maximum atomic E-state index is 13.8. The molecule has 2 aliphatic carbocycles. The highest BCUT2D eigenvalue weighted by Gasteiger charge is 2.43. The van der Waals surface area contributed by atoms with Crippen LogP contribution in [0.15, 0.2) is 35.4 Å². The van der Waals surface area contributed by atoms with E-state index in [1.165, 1.54) is 4.90 Å². The zero-order valence-electron chi connectivity index (χ0n) is 24.2. The first-order valence-corrected chi connectivity index (χ1v) is 13.6. The lowest BCUT2D eigenvalue weighted by molar-refractivity contribution is 0.0921. The highest BCUT2D eigenvalue weighted by atomic mass is 16.2. The Bertz CT molecular complexity index is 1770. The predicted octanol–water partition coefficient (Wildman–Crippen LogP) is 6.90. The molecular weight excluding hydrogens is 498 g/mol. The van der Waals surface area contributed by atoms with Crippen molar-refractivity contribution in [3.8, 4) is 0 Å². The van der Waals surface area contributed by atoms with Crippen LogP contribution in [-0.2, 0) is 6.42 Å². The molecule has 2 amide bonds. The molecule has 1 heterocycles. The summed E-state index contributed by atoms with van der Waals surface area (Å²) in [7, 11) is 0. The summed E-state index contributed by atoms with van der Waals surface area (Å²) in [4.78, 5) is 56.4. The molecule has 0 spiro atoms. The molecule has 0 saturated heterocycles. The minimum atomic E-state index is -0.335. The first-order chi connectivity index (χ1) is 18.9. The number of nitrogens with zero attached hydrogens (tertiary/aromatic N) is 1. The molecule has 0 atom stereocenters. The summed E-state index contributed by atoms with van der Waals surface area (Å²) in [5, 5.41) is 0. The van der Waals surface area contributed by atoms with Gasteiger partial charge in [0.15, 0.2) is 11.6 Å². The summed E-state index contributed by atoms with van der Waals surface area (Å²) >= 11 is 0. The molecule has 200 valence electrons. The molecular formula is C35H31NO4. The SMILES string of the molecule is Cc1c(C)c(C)c2c(c1C)C(=O)C(=C1C=Cc3cccc(N4C(=O)c5c(C)c(C)c(C)c(C)c5C4=O)c3C1)C2=O. The van der Waals surface area contributed by atoms with E-state index < -0.39 is 0 Å². The van der Waals surface area contributed by atoms with Gasteiger partial charge in [0.2, 0.25) is 0 Å². The van der Waals surface area contributed by atoms with Crippen LogP contribution in [-0.4, -0.2) is 23.4 Å². The average molecular weight is 530 g/mol. The van der Waals surface area contributed by atoms with E-state index in [-0.39, 0.29) is 35.4 Å². The number of carbonyl (C=O) groups is 4. The molecule has 0 saturated carbocycles. The third kappa shape index (κ3) is 3.15. The number of benzene rings is 3. The average Bonchev–Trinajstić information content (AvgIpc) is 3.35. The van der Waals surface area contributed by atoms with E-state index in [0.29, 0.717) is 33.5 Å². The molecule has 0 aromatic heterocycles. The lowest BCUT2D eigenvalue weighted by Crippen LogP contribution is -2.31. The highest BCUT2D eigenvalue weighted by molar-refractivity contribution is 6.41. The summed E-state index contributed by atoms with van der Waals surface area (Å²) in [6, 6.07) is 5.53. The third-order valence-electron chi connectivity index (χ3n) is 9.70. The number of hydrogen-bond acceptors (Lipinski definition) is 4. The molecule has 0 bridgehead atoms. The summed E-state index contributed by atoms with van der Waals surface area (Å²) < 4.78 is 0. The fraction of sp³-hybridized carbons (Fsp3) is 0.257. The van der Waals surface area contributed by atoms with Crippen molar-refractivity contribution in [3.63, 3.8) is 0 Å². The lowest BCUT2D eigenvalue weighted by Gasteiger charge is -2.23. The van der Waals surface area contributed by atoms with Gasteiger partial charge >= 0.3 is 0 Å². The summed E-state index contributed by atoms with van der Waals surface area (Å²) in [5.74, 6) is -1.17. The largest absolute Gasteiger partial charge is 0.288 e. The molecule has 1 aliphatic heterocycles. The van der Waals surface area contributed by atoms with Crippen LogP contribution in [0.5, 0.6) is 0 Å². The van der Waals surface area contributed by atoms with Gasteiger partial charge in [0, 0.05) is 17.5 Å². The standard InChI is InChI=1S/C35H31NO4/c1-15-16(2)20(6)28-27(19(15)5)32(37)31(33(28)38)24-13-12-23-10-9-11-26(25(23)14-24)36-34(39)29-21(7)17(3)18(4)22(8)30(29)35(36)40/h9-13H,14H2,1-8H3. The second-order valence-electron chi connectivity index (χ2n) is 11.4. The molecule has 5 heteroatoms. The van der Waals surface area contributed by atoms with Crippen molar-refractivity contribution >= 4 is 35.1 Å². The molecule has 0 fully saturated rings. The third-order valence-corrected chi connectivity index (χ3v) is 9.70. The molecule has 40 heavy (non-hydrogen) atoms. The van der Waals surface area contributed by atoms with E-state index >= 15 is 0 Å². The molecule has 3 aliphatic rings. The van der Waals surface area contributed by atoms with E-state index in [1.54, 1.807) is 6.07 Å². The maximum absolute atomic E-state index is 13.8. The number of rotatable bonds is 1. The van der Waals surface area contributed by atoms with E-state index in [1.807, 2.05) is 79.7 Å². The first kappa shape index (κ1) is 25.9. The number of Topliss-reactive ketones (excluding diaryl/α,β-unsaturated/α-hetero) is 2. The number of imide groups is 1. The zero-order valence-corrected chi connectivity index (χ0v) is 24.2. The number of allylic oxidation sites excluding steroid dienone is 3. The minimum Gasteiger partial charge on any atom is -0.288 e. The minimum absolute atomic E-state index is 0.184. The van der Waals surface area contributed by atoms with E-state index in [4.69, 9.17) is 0 Å². The van der Waals surface area contributed by atoms with Gasteiger partial charge in [-0.2, -0.15) is 0 Å². The second kappa shape index (κ2) is 8.56. The van der Waals surface area contributed by atoms with Crippen molar-refractivity contribution in [1.82, 2.24) is 0 Å². The molecule has 3 aromatic rings. The van der Waals surface area contributed by atoms with Crippen molar-refractivity contribution in [2.24, 2.45) is 0 Å². The highest BCUT2D eigenvalue weighted by Crippen LogP contribution is 2.42. The number of amides is 2. The number of fused-ring (bicyclic) bond motifs is 3. The smallest absolute Gasteiger partial charge is 0.266 e. The van der Waals surface area contributed by atoms with Gasteiger partial charge in [-0.15, -0.1) is 0 Å². The fourth-order valence-electron chi connectivity index (χ4n) is 6.67. The van der Waals surface area contributed by atoms with Crippen LogP contribution in [0.2, 0.25) is 0 Å². The van der Waals surface area contributed by atoms with Crippen molar-refractivity contribution in [2.45, 2.75) is 61.8 Å². The lowest BCUT2D eigenvalue weighted by atomic mass is 9.88. The van der Waals surface area contributed by atoms with Gasteiger partial charge in [0.05, 0.1) is 22.4 Å². The van der Waals surface area contributed by atoms with Crippen molar-refractivity contribution in [1.29, 1.82) is 0 Å². The van der Waals surface area contributed by atoms with E-state index in [9.17, 15) is 19.2 Å². The second-order valence-corrected chi connectivity index (χ2v) is 11.4. The molecule has 0 unspecified atom stereocenters. The number of hydrogen-bond donors (Lipinski definition) is 0. The molecule has 6 rings (SSSR count). The van der Waals surface area contributed by atoms with Gasteiger partial charge in [0.1, 0.15) is 0 Å².